The molecule has 10 aromatic rings. The molecule has 0 amide bonds. The molecule has 0 aliphatic rings. The highest BCUT2D eigenvalue weighted by molar-refractivity contribution is 6.25. The summed E-state index contributed by atoms with van der Waals surface area (Å²) in [4.78, 5) is 15.4. The summed E-state index contributed by atoms with van der Waals surface area (Å²) < 4.78 is 4.68. The van der Waals surface area contributed by atoms with Gasteiger partial charge in [-0.25, -0.2) is 4.98 Å². The monoisotopic (exact) mass is 587 g/mol. The number of benzene rings is 6. The summed E-state index contributed by atoms with van der Waals surface area (Å²) in [5, 5.41) is 7.14. The molecular weight excluding hydrogens is 562 g/mol. The van der Waals surface area contributed by atoms with Crippen LogP contribution >= 0.6 is 0 Å². The number of rotatable bonds is 3. The molecule has 4 aromatic heterocycles. The fourth-order valence-electron chi connectivity index (χ4n) is 7.12. The van der Waals surface area contributed by atoms with Gasteiger partial charge < -0.3 is 4.40 Å². The quantitative estimate of drug-likeness (QED) is 0.193. The van der Waals surface area contributed by atoms with Gasteiger partial charge in [-0.2, -0.15) is 9.97 Å². The van der Waals surface area contributed by atoms with E-state index in [9.17, 15) is 0 Å². The first-order valence-corrected chi connectivity index (χ1v) is 15.5. The fraction of sp³-hybridized carbons (Fsp3) is 0. The zero-order valence-corrected chi connectivity index (χ0v) is 24.7. The van der Waals surface area contributed by atoms with E-state index in [1.807, 2.05) is 36.4 Å². The van der Waals surface area contributed by atoms with Crippen molar-refractivity contribution in [1.29, 1.82) is 0 Å². The molecule has 0 atom stereocenters. The lowest BCUT2D eigenvalue weighted by Crippen LogP contribution is -2.07. The van der Waals surface area contributed by atoms with E-state index >= 15 is 0 Å². The Kier molecular flexibility index (Phi) is 5.22. The summed E-state index contributed by atoms with van der Waals surface area (Å²) in [6.07, 6.45) is 0. The molecule has 4 heterocycles. The van der Waals surface area contributed by atoms with Gasteiger partial charge in [-0.15, -0.1) is 0 Å². The minimum atomic E-state index is 0.587. The van der Waals surface area contributed by atoms with Crippen molar-refractivity contribution < 1.29 is 0 Å². The highest BCUT2D eigenvalue weighted by atomic mass is 15.2. The summed E-state index contributed by atoms with van der Waals surface area (Å²) in [5.74, 6) is 1.86. The molecule has 0 saturated heterocycles. The van der Waals surface area contributed by atoms with Crippen LogP contribution in [0.3, 0.4) is 0 Å². The second-order valence-corrected chi connectivity index (χ2v) is 11.7. The van der Waals surface area contributed by atoms with Crippen LogP contribution in [0.15, 0.2) is 152 Å². The SMILES string of the molecule is c1ccc(-c2nc(-c3ccccc3)nc(-n3c4ccccc4c4ccc5c6ccccc6c6cc7ccccc7n6c5c43)n2)cc1. The number of para-hydroxylation sites is 2. The van der Waals surface area contributed by atoms with Crippen LogP contribution in [-0.4, -0.2) is 23.9 Å². The predicted molar refractivity (Wildman–Crippen MR) is 189 cm³/mol. The van der Waals surface area contributed by atoms with Crippen molar-refractivity contribution in [2.75, 3.05) is 0 Å². The lowest BCUT2D eigenvalue weighted by Gasteiger charge is -2.15. The van der Waals surface area contributed by atoms with E-state index in [4.69, 9.17) is 15.0 Å². The van der Waals surface area contributed by atoms with Gasteiger partial charge in [0.2, 0.25) is 5.95 Å². The van der Waals surface area contributed by atoms with Gasteiger partial charge in [0, 0.05) is 38.1 Å². The average Bonchev–Trinajstić information content (AvgIpc) is 3.69. The first-order chi connectivity index (χ1) is 22.8. The average molecular weight is 588 g/mol. The summed E-state index contributed by atoms with van der Waals surface area (Å²) in [7, 11) is 0. The van der Waals surface area contributed by atoms with Gasteiger partial charge in [-0.3, -0.25) is 4.57 Å². The van der Waals surface area contributed by atoms with Gasteiger partial charge in [0.15, 0.2) is 11.6 Å². The molecule has 0 N–H and O–H groups in total. The van der Waals surface area contributed by atoms with Crippen LogP contribution in [0.1, 0.15) is 0 Å². The number of nitrogens with zero attached hydrogens (tertiary/aromatic N) is 5. The zero-order chi connectivity index (χ0) is 30.2. The molecule has 0 unspecified atom stereocenters. The van der Waals surface area contributed by atoms with Crippen LogP contribution in [0.4, 0.5) is 0 Å². The van der Waals surface area contributed by atoms with Crippen LogP contribution in [0.5, 0.6) is 0 Å². The minimum Gasteiger partial charge on any atom is -0.307 e. The Balaban J connectivity index is 1.44. The maximum Gasteiger partial charge on any atom is 0.238 e. The van der Waals surface area contributed by atoms with Crippen LogP contribution in [0, 0.1) is 0 Å². The smallest absolute Gasteiger partial charge is 0.238 e. The first-order valence-electron chi connectivity index (χ1n) is 15.5. The van der Waals surface area contributed by atoms with Gasteiger partial charge >= 0.3 is 0 Å². The Morgan fingerprint density at radius 1 is 0.370 bits per heavy atom. The van der Waals surface area contributed by atoms with E-state index in [2.05, 4.69) is 124 Å². The van der Waals surface area contributed by atoms with Gasteiger partial charge in [0.25, 0.3) is 0 Å². The highest BCUT2D eigenvalue weighted by Crippen LogP contribution is 2.41. The molecule has 5 nitrogen and oxygen atoms in total. The van der Waals surface area contributed by atoms with Crippen molar-refractivity contribution in [3.8, 4) is 28.7 Å². The van der Waals surface area contributed by atoms with E-state index in [0.29, 0.717) is 17.6 Å². The van der Waals surface area contributed by atoms with Crippen LogP contribution in [0.2, 0.25) is 0 Å². The molecule has 0 aliphatic heterocycles. The molecule has 0 bridgehead atoms. The molecule has 46 heavy (non-hydrogen) atoms. The van der Waals surface area contributed by atoms with Crippen molar-refractivity contribution >= 4 is 59.9 Å². The van der Waals surface area contributed by atoms with Crippen molar-refractivity contribution in [3.05, 3.63) is 152 Å². The minimum absolute atomic E-state index is 0.587. The molecule has 214 valence electrons. The van der Waals surface area contributed by atoms with E-state index in [-0.39, 0.29) is 0 Å². The topological polar surface area (TPSA) is 48.0 Å². The summed E-state index contributed by atoms with van der Waals surface area (Å²) in [6, 6.07) is 53.1. The molecule has 0 spiro atoms. The number of fused-ring (bicyclic) bond motifs is 12. The summed E-state index contributed by atoms with van der Waals surface area (Å²) >= 11 is 0. The van der Waals surface area contributed by atoms with Gasteiger partial charge in [-0.05, 0) is 23.6 Å². The van der Waals surface area contributed by atoms with Crippen LogP contribution in [-0.2, 0) is 0 Å². The Labute approximate surface area is 263 Å². The van der Waals surface area contributed by atoms with Gasteiger partial charge in [0.05, 0.1) is 27.6 Å². The number of hydrogen-bond acceptors (Lipinski definition) is 3. The molecule has 0 aliphatic carbocycles. The second kappa shape index (κ2) is 9.58. The lowest BCUT2D eigenvalue weighted by molar-refractivity contribution is 0.954. The van der Waals surface area contributed by atoms with E-state index in [1.54, 1.807) is 0 Å². The first kappa shape index (κ1) is 25.0. The van der Waals surface area contributed by atoms with Crippen molar-refractivity contribution in [3.63, 3.8) is 0 Å². The maximum absolute atomic E-state index is 5.20. The van der Waals surface area contributed by atoms with Gasteiger partial charge in [-0.1, -0.05) is 133 Å². The fourth-order valence-corrected chi connectivity index (χ4v) is 7.12. The summed E-state index contributed by atoms with van der Waals surface area (Å²) in [6.45, 7) is 0. The standard InChI is InChI=1S/C41H25N5/c1-3-13-26(14-4-1)39-42-40(27-15-5-2-6-16-27)44-41(43-39)46-35-22-12-10-20-31(35)33-24-23-32-29-18-8-9-19-30(29)36-25-28-17-7-11-21-34(28)45(36)37(32)38(33)46/h1-25H. The van der Waals surface area contributed by atoms with Crippen LogP contribution in [0.25, 0.3) is 88.6 Å². The third-order valence-corrected chi connectivity index (χ3v) is 9.13. The van der Waals surface area contributed by atoms with Crippen molar-refractivity contribution in [1.82, 2.24) is 23.9 Å². The van der Waals surface area contributed by atoms with E-state index < -0.39 is 0 Å². The van der Waals surface area contributed by atoms with E-state index in [1.165, 1.54) is 32.6 Å². The molecule has 10 rings (SSSR count). The molecule has 0 fully saturated rings. The van der Waals surface area contributed by atoms with Crippen LogP contribution < -0.4 is 0 Å². The Hall–Kier alpha value is -6.33. The molecule has 5 heteroatoms. The lowest BCUT2D eigenvalue weighted by atomic mass is 10.0. The largest absolute Gasteiger partial charge is 0.307 e. The van der Waals surface area contributed by atoms with E-state index in [0.717, 1.165) is 38.4 Å². The zero-order valence-electron chi connectivity index (χ0n) is 24.7. The van der Waals surface area contributed by atoms with Crippen molar-refractivity contribution in [2.45, 2.75) is 0 Å². The third-order valence-electron chi connectivity index (χ3n) is 9.13. The van der Waals surface area contributed by atoms with Crippen molar-refractivity contribution in [2.24, 2.45) is 0 Å². The van der Waals surface area contributed by atoms with Gasteiger partial charge in [0.1, 0.15) is 0 Å². The second-order valence-electron chi connectivity index (χ2n) is 11.7. The number of aromatic nitrogens is 5. The molecule has 0 saturated carbocycles. The predicted octanol–water partition coefficient (Wildman–Crippen LogP) is 10.0. The maximum atomic E-state index is 5.20. The highest BCUT2D eigenvalue weighted by Gasteiger charge is 2.22. The number of pyridine rings is 1. The molecule has 6 aromatic carbocycles. The summed E-state index contributed by atoms with van der Waals surface area (Å²) in [5.41, 5.74) is 7.48. The number of hydrogen-bond donors (Lipinski definition) is 0. The Bertz CT molecular complexity index is 2740. The third kappa shape index (κ3) is 3.54. The molecule has 0 radical (unpaired) electrons. The Morgan fingerprint density at radius 2 is 0.891 bits per heavy atom. The Morgan fingerprint density at radius 3 is 1.57 bits per heavy atom. The normalized spacial score (nSPS) is 11.9. The molecular formula is C41H25N5.